The molecule has 1 aromatic rings. The highest BCUT2D eigenvalue weighted by Gasteiger charge is 2.28. The molecule has 3 nitrogen and oxygen atoms in total. The number of amides is 1. The SMILES string of the molecule is CCc1cc(Br)ccc1NC(C)C(=O)NCC(F)(F)F. The van der Waals surface area contributed by atoms with Gasteiger partial charge in [0, 0.05) is 10.2 Å². The summed E-state index contributed by atoms with van der Waals surface area (Å²) in [5.74, 6) is -0.688. The van der Waals surface area contributed by atoms with Crippen LogP contribution in [0, 0.1) is 0 Å². The van der Waals surface area contributed by atoms with Crippen molar-refractivity contribution in [2.75, 3.05) is 11.9 Å². The summed E-state index contributed by atoms with van der Waals surface area (Å²) in [4.78, 5) is 11.6. The van der Waals surface area contributed by atoms with Gasteiger partial charge in [-0.1, -0.05) is 22.9 Å². The lowest BCUT2D eigenvalue weighted by molar-refractivity contribution is -0.138. The molecule has 0 radical (unpaired) electrons. The Morgan fingerprint density at radius 2 is 2.05 bits per heavy atom. The quantitative estimate of drug-likeness (QED) is 0.851. The number of alkyl halides is 3. The zero-order chi connectivity index (χ0) is 15.3. The van der Waals surface area contributed by atoms with Crippen molar-refractivity contribution in [3.63, 3.8) is 0 Å². The second kappa shape index (κ2) is 6.97. The number of aryl methyl sites for hydroxylation is 1. The maximum absolute atomic E-state index is 12.0. The average molecular weight is 353 g/mol. The molecule has 2 N–H and O–H groups in total. The molecule has 1 amide bonds. The van der Waals surface area contributed by atoms with Gasteiger partial charge in [0.25, 0.3) is 0 Å². The van der Waals surface area contributed by atoms with Gasteiger partial charge < -0.3 is 10.6 Å². The van der Waals surface area contributed by atoms with Crippen LogP contribution in [0.5, 0.6) is 0 Å². The first-order valence-corrected chi connectivity index (χ1v) is 6.91. The Balaban J connectivity index is 2.66. The van der Waals surface area contributed by atoms with Gasteiger partial charge >= 0.3 is 6.18 Å². The van der Waals surface area contributed by atoms with Gasteiger partial charge in [-0.2, -0.15) is 13.2 Å². The molecule has 0 aliphatic rings. The Morgan fingerprint density at radius 1 is 1.40 bits per heavy atom. The Labute approximate surface area is 124 Å². The van der Waals surface area contributed by atoms with Crippen LogP contribution in [0.2, 0.25) is 0 Å². The van der Waals surface area contributed by atoms with Crippen LogP contribution in [0.1, 0.15) is 19.4 Å². The first kappa shape index (κ1) is 16.8. The zero-order valence-corrected chi connectivity index (χ0v) is 12.7. The Bertz CT molecular complexity index is 477. The number of anilines is 1. The summed E-state index contributed by atoms with van der Waals surface area (Å²) in [7, 11) is 0. The number of carbonyl (C=O) groups is 1. The number of hydrogen-bond donors (Lipinski definition) is 2. The number of nitrogens with one attached hydrogen (secondary N) is 2. The van der Waals surface area contributed by atoms with E-state index < -0.39 is 24.7 Å². The third-order valence-electron chi connectivity index (χ3n) is 2.68. The molecule has 1 aromatic carbocycles. The molecular formula is C13H16BrF3N2O. The van der Waals surface area contributed by atoms with Gasteiger partial charge in [0.2, 0.25) is 5.91 Å². The minimum atomic E-state index is -4.40. The van der Waals surface area contributed by atoms with E-state index in [0.29, 0.717) is 0 Å². The highest BCUT2D eigenvalue weighted by atomic mass is 79.9. The molecule has 0 aromatic heterocycles. The van der Waals surface area contributed by atoms with Crippen molar-refractivity contribution < 1.29 is 18.0 Å². The van der Waals surface area contributed by atoms with Crippen molar-refractivity contribution in [1.29, 1.82) is 0 Å². The largest absolute Gasteiger partial charge is 0.405 e. The predicted molar refractivity (Wildman–Crippen MR) is 75.7 cm³/mol. The summed E-state index contributed by atoms with van der Waals surface area (Å²) in [6, 6.07) is 4.75. The molecule has 0 spiro atoms. The van der Waals surface area contributed by atoms with Gasteiger partial charge in [0.1, 0.15) is 12.6 Å². The van der Waals surface area contributed by atoms with E-state index in [1.165, 1.54) is 6.92 Å². The lowest BCUT2D eigenvalue weighted by Gasteiger charge is -2.18. The van der Waals surface area contributed by atoms with Crippen LogP contribution < -0.4 is 10.6 Å². The van der Waals surface area contributed by atoms with Gasteiger partial charge in [-0.25, -0.2) is 0 Å². The smallest absolute Gasteiger partial charge is 0.374 e. The monoisotopic (exact) mass is 352 g/mol. The van der Waals surface area contributed by atoms with E-state index in [0.717, 1.165) is 22.1 Å². The Morgan fingerprint density at radius 3 is 2.60 bits per heavy atom. The Hall–Kier alpha value is -1.24. The molecule has 7 heteroatoms. The second-order valence-corrected chi connectivity index (χ2v) is 5.27. The normalized spacial score (nSPS) is 12.9. The standard InChI is InChI=1S/C13H16BrF3N2O/c1-3-9-6-10(14)4-5-11(9)19-8(2)12(20)18-7-13(15,16)17/h4-6,8,19H,3,7H2,1-2H3,(H,18,20). The highest BCUT2D eigenvalue weighted by molar-refractivity contribution is 9.10. The van der Waals surface area contributed by atoms with E-state index >= 15 is 0 Å². The van der Waals surface area contributed by atoms with Crippen molar-refractivity contribution >= 4 is 27.5 Å². The first-order chi connectivity index (χ1) is 9.23. The summed E-state index contributed by atoms with van der Waals surface area (Å²) < 4.78 is 37.0. The van der Waals surface area contributed by atoms with E-state index in [4.69, 9.17) is 0 Å². The lowest BCUT2D eigenvalue weighted by atomic mass is 10.1. The van der Waals surface area contributed by atoms with E-state index in [1.54, 1.807) is 6.07 Å². The molecule has 0 saturated heterocycles. The summed E-state index contributed by atoms with van der Waals surface area (Å²) in [6.45, 7) is 2.16. The molecule has 0 aliphatic carbocycles. The fourth-order valence-corrected chi connectivity index (χ4v) is 2.04. The molecule has 1 unspecified atom stereocenters. The molecule has 1 rings (SSSR count). The zero-order valence-electron chi connectivity index (χ0n) is 11.1. The van der Waals surface area contributed by atoms with Crippen LogP contribution in [0.4, 0.5) is 18.9 Å². The molecule has 1 atom stereocenters. The van der Waals surface area contributed by atoms with Crippen molar-refractivity contribution in [1.82, 2.24) is 5.32 Å². The van der Waals surface area contributed by atoms with Gasteiger partial charge in [-0.3, -0.25) is 4.79 Å². The summed E-state index contributed by atoms with van der Waals surface area (Å²) >= 11 is 3.35. The molecule has 0 aliphatic heterocycles. The van der Waals surface area contributed by atoms with Gasteiger partial charge in [-0.05, 0) is 37.1 Å². The molecular weight excluding hydrogens is 337 g/mol. The number of rotatable bonds is 5. The van der Waals surface area contributed by atoms with Crippen molar-refractivity contribution in [2.24, 2.45) is 0 Å². The van der Waals surface area contributed by atoms with Gasteiger partial charge in [0.15, 0.2) is 0 Å². The maximum Gasteiger partial charge on any atom is 0.405 e. The van der Waals surface area contributed by atoms with Crippen LogP contribution in [-0.4, -0.2) is 24.7 Å². The molecule has 0 fully saturated rings. The fraction of sp³-hybridized carbons (Fsp3) is 0.462. The van der Waals surface area contributed by atoms with Crippen molar-refractivity contribution in [3.05, 3.63) is 28.2 Å². The lowest BCUT2D eigenvalue weighted by Crippen LogP contribution is -2.42. The minimum absolute atomic E-state index is 0.688. The van der Waals surface area contributed by atoms with Crippen LogP contribution in [0.25, 0.3) is 0 Å². The number of hydrogen-bond acceptors (Lipinski definition) is 2. The third kappa shape index (κ3) is 5.40. The molecule has 20 heavy (non-hydrogen) atoms. The minimum Gasteiger partial charge on any atom is -0.374 e. The molecule has 0 saturated carbocycles. The summed E-state index contributed by atoms with van der Waals surface area (Å²) in [5, 5.41) is 4.78. The number of benzene rings is 1. The first-order valence-electron chi connectivity index (χ1n) is 6.12. The number of halogens is 4. The molecule has 0 heterocycles. The van der Waals surface area contributed by atoms with E-state index in [2.05, 4.69) is 21.2 Å². The van der Waals surface area contributed by atoms with E-state index in [-0.39, 0.29) is 0 Å². The predicted octanol–water partition coefficient (Wildman–Crippen LogP) is 3.49. The maximum atomic E-state index is 12.0. The molecule has 0 bridgehead atoms. The number of carbonyl (C=O) groups excluding carboxylic acids is 1. The van der Waals surface area contributed by atoms with Crippen LogP contribution in [0.3, 0.4) is 0 Å². The van der Waals surface area contributed by atoms with Crippen molar-refractivity contribution in [2.45, 2.75) is 32.5 Å². The van der Waals surface area contributed by atoms with Gasteiger partial charge in [-0.15, -0.1) is 0 Å². The van der Waals surface area contributed by atoms with Crippen LogP contribution in [-0.2, 0) is 11.2 Å². The summed E-state index contributed by atoms with van der Waals surface area (Å²) in [5.41, 5.74) is 1.72. The fourth-order valence-electron chi connectivity index (χ4n) is 1.63. The highest BCUT2D eigenvalue weighted by Crippen LogP contribution is 2.22. The third-order valence-corrected chi connectivity index (χ3v) is 3.17. The van der Waals surface area contributed by atoms with Crippen LogP contribution in [0.15, 0.2) is 22.7 Å². The second-order valence-electron chi connectivity index (χ2n) is 4.35. The Kier molecular flexibility index (Phi) is 5.86. The van der Waals surface area contributed by atoms with E-state index in [9.17, 15) is 18.0 Å². The van der Waals surface area contributed by atoms with Crippen LogP contribution >= 0.6 is 15.9 Å². The summed E-state index contributed by atoms with van der Waals surface area (Å²) in [6.07, 6.45) is -3.65. The average Bonchev–Trinajstić information content (AvgIpc) is 2.36. The molecule has 112 valence electrons. The van der Waals surface area contributed by atoms with Gasteiger partial charge in [0.05, 0.1) is 0 Å². The van der Waals surface area contributed by atoms with E-state index in [1.807, 2.05) is 24.4 Å². The van der Waals surface area contributed by atoms with Crippen molar-refractivity contribution in [3.8, 4) is 0 Å². The topological polar surface area (TPSA) is 41.1 Å².